The van der Waals surface area contributed by atoms with Crippen LogP contribution in [0.3, 0.4) is 0 Å². The van der Waals surface area contributed by atoms with Crippen LogP contribution in [-0.4, -0.2) is 47.4 Å². The fourth-order valence-corrected chi connectivity index (χ4v) is 8.17. The summed E-state index contributed by atoms with van der Waals surface area (Å²) in [6.45, 7) is 4.93. The van der Waals surface area contributed by atoms with E-state index in [2.05, 4.69) is 19.2 Å². The Kier molecular flexibility index (Phi) is 46.6. The van der Waals surface area contributed by atoms with Gasteiger partial charge in [-0.25, -0.2) is 0 Å². The summed E-state index contributed by atoms with van der Waals surface area (Å²) in [7, 11) is 0. The van der Waals surface area contributed by atoms with Gasteiger partial charge >= 0.3 is 5.97 Å². The second-order valence-corrected chi connectivity index (χ2v) is 17.9. The molecule has 0 aliphatic heterocycles. The fraction of sp³-hybridized carbons (Fsp3) is 0.961. The average molecular weight is 808 g/mol. The molecule has 0 bridgehead atoms. The van der Waals surface area contributed by atoms with Crippen molar-refractivity contribution < 1.29 is 24.5 Å². The smallest absolute Gasteiger partial charge is 0.305 e. The SMILES string of the molecule is CCCCCCCCCCCCCCCC(=O)OCCCCCCCCCCCCCCCCCCCCC(=O)NC(CO)C(O)CCCCCCCCCCC. The van der Waals surface area contributed by atoms with E-state index < -0.39 is 12.1 Å². The standard InChI is InChI=1S/C51H101NO5/c1-3-5-7-9-11-13-14-21-25-29-33-37-41-45-51(56)57-46-42-38-34-30-26-23-20-18-16-15-17-19-22-24-28-32-36-40-44-50(55)52-48(47-53)49(54)43-39-35-31-27-12-10-8-6-4-2/h48-49,53-54H,3-47H2,1-2H3,(H,52,55). The molecule has 2 unspecified atom stereocenters. The Morgan fingerprint density at radius 3 is 1.07 bits per heavy atom. The van der Waals surface area contributed by atoms with Crippen LogP contribution in [0, 0.1) is 0 Å². The zero-order valence-corrected chi connectivity index (χ0v) is 38.6. The van der Waals surface area contributed by atoms with Crippen LogP contribution in [0.25, 0.3) is 0 Å². The van der Waals surface area contributed by atoms with Gasteiger partial charge in [0.2, 0.25) is 5.91 Å². The van der Waals surface area contributed by atoms with Gasteiger partial charge in [0.1, 0.15) is 0 Å². The minimum Gasteiger partial charge on any atom is -0.466 e. The third-order valence-corrected chi connectivity index (χ3v) is 12.2. The number of aliphatic hydroxyl groups is 2. The number of amides is 1. The Bertz CT molecular complexity index is 806. The van der Waals surface area contributed by atoms with Crippen molar-refractivity contribution >= 4 is 11.9 Å². The van der Waals surface area contributed by atoms with Crippen LogP contribution in [0.2, 0.25) is 0 Å². The van der Waals surface area contributed by atoms with E-state index in [0.29, 0.717) is 25.9 Å². The molecule has 2 atom stereocenters. The zero-order chi connectivity index (χ0) is 41.5. The van der Waals surface area contributed by atoms with Gasteiger partial charge in [0, 0.05) is 12.8 Å². The first-order valence-corrected chi connectivity index (χ1v) is 25.8. The van der Waals surface area contributed by atoms with Gasteiger partial charge in [0.15, 0.2) is 0 Å². The lowest BCUT2D eigenvalue weighted by Gasteiger charge is -2.22. The summed E-state index contributed by atoms with van der Waals surface area (Å²) in [6, 6.07) is -0.540. The number of rotatable bonds is 48. The Morgan fingerprint density at radius 1 is 0.421 bits per heavy atom. The van der Waals surface area contributed by atoms with Crippen LogP contribution in [-0.2, 0) is 14.3 Å². The second kappa shape index (κ2) is 47.5. The molecule has 0 fully saturated rings. The van der Waals surface area contributed by atoms with E-state index in [9.17, 15) is 19.8 Å². The molecular weight excluding hydrogens is 707 g/mol. The Labute approximate surface area is 356 Å². The molecule has 0 aliphatic rings. The number of aliphatic hydroxyl groups excluding tert-OH is 2. The number of hydrogen-bond acceptors (Lipinski definition) is 5. The van der Waals surface area contributed by atoms with Crippen molar-refractivity contribution in [1.29, 1.82) is 0 Å². The molecule has 340 valence electrons. The minimum absolute atomic E-state index is 0.00901. The van der Waals surface area contributed by atoms with Gasteiger partial charge in [-0.15, -0.1) is 0 Å². The monoisotopic (exact) mass is 808 g/mol. The van der Waals surface area contributed by atoms with E-state index >= 15 is 0 Å². The summed E-state index contributed by atoms with van der Waals surface area (Å²) in [6.07, 6.45) is 52.2. The van der Waals surface area contributed by atoms with Gasteiger partial charge in [-0.05, 0) is 25.7 Å². The molecule has 57 heavy (non-hydrogen) atoms. The molecule has 0 heterocycles. The molecule has 0 radical (unpaired) electrons. The highest BCUT2D eigenvalue weighted by atomic mass is 16.5. The molecule has 0 aromatic heterocycles. The van der Waals surface area contributed by atoms with E-state index in [1.165, 1.54) is 218 Å². The maximum Gasteiger partial charge on any atom is 0.305 e. The van der Waals surface area contributed by atoms with Gasteiger partial charge in [-0.2, -0.15) is 0 Å². The molecule has 1 amide bonds. The summed E-state index contributed by atoms with van der Waals surface area (Å²) in [5, 5.41) is 23.1. The molecule has 0 saturated heterocycles. The second-order valence-electron chi connectivity index (χ2n) is 17.9. The quantitative estimate of drug-likeness (QED) is 0.0420. The van der Waals surface area contributed by atoms with Crippen LogP contribution in [0.5, 0.6) is 0 Å². The normalized spacial score (nSPS) is 12.6. The van der Waals surface area contributed by atoms with E-state index in [0.717, 1.165) is 38.5 Å². The molecule has 3 N–H and O–H groups in total. The number of carbonyl (C=O) groups is 2. The van der Waals surface area contributed by atoms with Crippen LogP contribution in [0.15, 0.2) is 0 Å². The van der Waals surface area contributed by atoms with Crippen molar-refractivity contribution in [2.75, 3.05) is 13.2 Å². The highest BCUT2D eigenvalue weighted by Gasteiger charge is 2.20. The third-order valence-electron chi connectivity index (χ3n) is 12.2. The molecule has 6 heteroatoms. The van der Waals surface area contributed by atoms with Gasteiger partial charge in [0.25, 0.3) is 0 Å². The van der Waals surface area contributed by atoms with Crippen molar-refractivity contribution in [3.05, 3.63) is 0 Å². The summed E-state index contributed by atoms with van der Waals surface area (Å²) in [5.74, 6) is -0.0313. The molecule has 6 nitrogen and oxygen atoms in total. The van der Waals surface area contributed by atoms with Gasteiger partial charge in [-0.3, -0.25) is 9.59 Å². The van der Waals surface area contributed by atoms with Crippen molar-refractivity contribution in [3.8, 4) is 0 Å². The Morgan fingerprint density at radius 2 is 0.719 bits per heavy atom. The zero-order valence-electron chi connectivity index (χ0n) is 38.6. The first kappa shape index (κ1) is 55.9. The van der Waals surface area contributed by atoms with Gasteiger partial charge in [0.05, 0.1) is 25.4 Å². The van der Waals surface area contributed by atoms with Crippen LogP contribution in [0.4, 0.5) is 0 Å². The highest BCUT2D eigenvalue weighted by molar-refractivity contribution is 5.76. The van der Waals surface area contributed by atoms with Gasteiger partial charge in [-0.1, -0.05) is 251 Å². The van der Waals surface area contributed by atoms with E-state index in [1.807, 2.05) is 0 Å². The van der Waals surface area contributed by atoms with Gasteiger partial charge < -0.3 is 20.3 Å². The van der Waals surface area contributed by atoms with Crippen molar-refractivity contribution in [1.82, 2.24) is 5.32 Å². The molecule has 0 aliphatic carbocycles. The van der Waals surface area contributed by atoms with Crippen molar-refractivity contribution in [3.63, 3.8) is 0 Å². The Hall–Kier alpha value is -1.14. The lowest BCUT2D eigenvalue weighted by molar-refractivity contribution is -0.143. The maximum atomic E-state index is 12.4. The molecule has 0 rings (SSSR count). The molecule has 0 saturated carbocycles. The third kappa shape index (κ3) is 44.2. The molecule has 0 spiro atoms. The number of nitrogens with one attached hydrogen (secondary N) is 1. The highest BCUT2D eigenvalue weighted by Crippen LogP contribution is 2.17. The summed E-state index contributed by atoms with van der Waals surface area (Å²) in [4.78, 5) is 24.4. The van der Waals surface area contributed by atoms with Crippen LogP contribution >= 0.6 is 0 Å². The molecular formula is C51H101NO5. The topological polar surface area (TPSA) is 95.9 Å². The largest absolute Gasteiger partial charge is 0.466 e. The summed E-state index contributed by atoms with van der Waals surface area (Å²) >= 11 is 0. The van der Waals surface area contributed by atoms with E-state index in [-0.39, 0.29) is 18.5 Å². The maximum absolute atomic E-state index is 12.4. The summed E-state index contributed by atoms with van der Waals surface area (Å²) < 4.78 is 5.47. The van der Waals surface area contributed by atoms with Crippen molar-refractivity contribution in [2.45, 2.75) is 302 Å². The first-order valence-electron chi connectivity index (χ1n) is 25.8. The average Bonchev–Trinajstić information content (AvgIpc) is 3.21. The predicted octanol–water partition coefficient (Wildman–Crippen LogP) is 15.2. The van der Waals surface area contributed by atoms with Crippen LogP contribution < -0.4 is 5.32 Å². The van der Waals surface area contributed by atoms with Crippen molar-refractivity contribution in [2.24, 2.45) is 0 Å². The Balaban J connectivity index is 3.36. The number of hydrogen-bond donors (Lipinski definition) is 3. The van der Waals surface area contributed by atoms with E-state index in [1.54, 1.807) is 0 Å². The molecule has 0 aromatic rings. The lowest BCUT2D eigenvalue weighted by atomic mass is 10.0. The fourth-order valence-electron chi connectivity index (χ4n) is 8.17. The predicted molar refractivity (Wildman–Crippen MR) is 246 cm³/mol. The number of esters is 1. The number of unbranched alkanes of at least 4 members (excludes halogenated alkanes) is 37. The number of carbonyl (C=O) groups excluding carboxylic acids is 2. The van der Waals surface area contributed by atoms with E-state index in [4.69, 9.17) is 4.74 Å². The van der Waals surface area contributed by atoms with Crippen LogP contribution in [0.1, 0.15) is 290 Å². The molecule has 0 aromatic carbocycles. The lowest BCUT2D eigenvalue weighted by Crippen LogP contribution is -2.45. The number of ether oxygens (including phenoxy) is 1. The first-order chi connectivity index (χ1) is 28.0. The minimum atomic E-state index is -0.663. The summed E-state index contributed by atoms with van der Waals surface area (Å²) in [5.41, 5.74) is 0.